The Balaban J connectivity index is -0.00000000810. The third-order valence-electron chi connectivity index (χ3n) is 0. The fourth-order valence-corrected chi connectivity index (χ4v) is 0. The quantitative estimate of drug-likeness (QED) is 0.138. The number of hydrogen-bond acceptors (Lipinski definition) is 4. The molecule has 0 bridgehead atoms. The Hall–Kier alpha value is -9.32. The van der Waals surface area contributed by atoms with E-state index in [1.807, 2.05) is 13.6 Å². The van der Waals surface area contributed by atoms with Crippen molar-refractivity contribution >= 4 is 25.5 Å². The number of hydrogen-bond donors (Lipinski definition) is 0. The first kappa shape index (κ1) is 221. The van der Waals surface area contributed by atoms with Gasteiger partial charge >= 0.3 is 0 Å². The van der Waals surface area contributed by atoms with Gasteiger partial charge in [-0.05, 0) is 13.2 Å². The first-order chi connectivity index (χ1) is 31.3. The van der Waals surface area contributed by atoms with Crippen molar-refractivity contribution in [3.8, 4) is 0 Å². The van der Waals surface area contributed by atoms with Crippen molar-refractivity contribution in [1.29, 1.82) is 0 Å². The second kappa shape index (κ2) is 85500. The largest absolute Gasteiger partial charge is 0.307 e. The van der Waals surface area contributed by atoms with E-state index in [1.165, 1.54) is 11.9 Å². The highest BCUT2D eigenvalue weighted by Gasteiger charge is 1.01. The molecule has 0 unspecified atom stereocenters. The molecule has 0 aliphatic carbocycles. The Bertz CT molecular complexity index is 539. The maximum absolute atomic E-state index is 8.57. The molecule has 0 amide bonds. The maximum Gasteiger partial charge on any atom is 0.116 e. The molecule has 0 N–H and O–H groups in total. The van der Waals surface area contributed by atoms with Crippen LogP contribution in [0.25, 0.3) is 0 Å². The van der Waals surface area contributed by atoms with Crippen molar-refractivity contribution < 1.29 is 19.2 Å². The molecule has 0 saturated carbocycles. The van der Waals surface area contributed by atoms with Gasteiger partial charge in [-0.15, -0.1) is 271 Å². The van der Waals surface area contributed by atoms with Gasteiger partial charge in [0.1, 0.15) is 25.5 Å². The topological polar surface area (TPSA) is 68.3 Å². The van der Waals surface area contributed by atoms with Crippen LogP contribution in [-0.2, 0) is 19.2 Å². The number of carbonyl (C=O) groups excluding carboxylic acids is 4. The van der Waals surface area contributed by atoms with Gasteiger partial charge in [0.05, 0.1) is 0 Å². The van der Waals surface area contributed by atoms with Gasteiger partial charge in [-0.2, -0.15) is 0 Å². The molecule has 4 nitrogen and oxygen atoms in total. The van der Waals surface area contributed by atoms with E-state index in [9.17, 15) is 0 Å². The van der Waals surface area contributed by atoms with Gasteiger partial charge in [-0.1, -0.05) is 78.9 Å². The third-order valence-corrected chi connectivity index (χ3v) is 0. The highest BCUT2D eigenvalue weighted by Crippen LogP contribution is 1.17. The van der Waals surface area contributed by atoms with Crippen LogP contribution < -0.4 is 0 Å². The van der Waals surface area contributed by atoms with E-state index in [2.05, 4.69) is 363 Å². The molecular formula is C60H104O4. The van der Waals surface area contributed by atoms with Gasteiger partial charge in [0.15, 0.2) is 0 Å². The third kappa shape index (κ3) is 1620. The Morgan fingerprint density at radius 2 is 0.141 bits per heavy atom. The summed E-state index contributed by atoms with van der Waals surface area (Å²) in [6.07, 6.45) is 0. The fourth-order valence-electron chi connectivity index (χ4n) is 0. The molecule has 0 aromatic heterocycles. The van der Waals surface area contributed by atoms with E-state index < -0.39 is 0 Å². The fraction of sp³-hybridized carbons (Fsp3) is 0. The Labute approximate surface area is 406 Å². The van der Waals surface area contributed by atoms with Crippen LogP contribution in [-0.4, -0.2) is 25.5 Å². The van der Waals surface area contributed by atoms with Crippen molar-refractivity contribution in [1.82, 2.24) is 0 Å². The molecular weight excluding hydrogens is 785 g/mol. The van der Waals surface area contributed by atoms with Crippen molar-refractivity contribution in [2.24, 2.45) is 0 Å². The van der Waals surface area contributed by atoms with Crippen molar-refractivity contribution in [3.05, 3.63) is 363 Å². The van der Waals surface area contributed by atoms with Crippen molar-refractivity contribution in [3.63, 3.8) is 0 Å². The summed E-state index contributed by atoms with van der Waals surface area (Å²) in [6, 6.07) is 0. The molecule has 0 spiro atoms. The lowest BCUT2D eigenvalue weighted by Gasteiger charge is -1.10. The Kier molecular flexibility index (Phi) is 296000. The van der Waals surface area contributed by atoms with Crippen LogP contribution in [0.1, 0.15) is 0 Å². The monoisotopic (exact) mass is 889 g/mol. The minimum atomic E-state index is 1.25. The van der Waals surface area contributed by atoms with Gasteiger partial charge in [-0.25, -0.2) is 9.59 Å². The van der Waals surface area contributed by atoms with Crippen LogP contribution in [0, 0.1) is 0 Å². The summed E-state index contributed by atoms with van der Waals surface area (Å²) in [6.45, 7) is 155. The van der Waals surface area contributed by atoms with E-state index in [1.54, 1.807) is 0 Å². The second-order valence-corrected chi connectivity index (χ2v) is 1.79. The SMILES string of the molecule is C=C.C=C.C=C.C=C.C=C.C=C.C=C.C=C.C=C.C=C.C=C.C=C.C=C.C=C.C=C.C=C.C=C.C=C.C=C=C.C=C=C.C=C=C.C=C=C.C=C=C.C=C=C.C=C=O.C=C=O.C=O.C=O. The van der Waals surface area contributed by atoms with E-state index in [0.29, 0.717) is 0 Å². The molecule has 64 heavy (non-hydrogen) atoms. The van der Waals surface area contributed by atoms with E-state index >= 15 is 0 Å². The molecule has 368 valence electrons. The van der Waals surface area contributed by atoms with Crippen LogP contribution in [0.2, 0.25) is 0 Å². The van der Waals surface area contributed by atoms with Crippen molar-refractivity contribution in [2.75, 3.05) is 0 Å². The van der Waals surface area contributed by atoms with E-state index in [-0.39, 0.29) is 0 Å². The minimum absolute atomic E-state index is 1.25. The Morgan fingerprint density at radius 3 is 0.141 bits per heavy atom. The summed E-state index contributed by atoms with van der Waals surface area (Å²) in [4.78, 5) is 33.1. The molecule has 0 atom stereocenters. The zero-order chi connectivity index (χ0) is 61.7. The average Bonchev–Trinajstić information content (AvgIpc) is 3.43. The maximum atomic E-state index is 8.57. The average molecular weight is 889 g/mol. The molecule has 0 radical (unpaired) electrons. The van der Waals surface area contributed by atoms with Gasteiger partial charge in [-0.3, -0.25) is 0 Å². The smallest absolute Gasteiger partial charge is 0.116 e. The van der Waals surface area contributed by atoms with Crippen LogP contribution in [0.3, 0.4) is 0 Å². The standard InChI is InChI=1S/6C3H4.2C2H2O.18C2H4.2CH2O/c6*1-3-2;2*1-2-3;20*1-2/h6*1-2H2;2*1H2;18*1-2H2;2*1H2. The Morgan fingerprint density at radius 1 is 0.141 bits per heavy atom. The molecule has 0 fully saturated rings. The lowest BCUT2D eigenvalue weighted by molar-refractivity contribution is -0.0987. The molecule has 0 aliphatic rings. The summed E-state index contributed by atoms with van der Waals surface area (Å²) < 4.78 is 0. The predicted octanol–water partition coefficient (Wildman–Crippen LogP) is 19.8. The summed E-state index contributed by atoms with van der Waals surface area (Å²) in [7, 11) is 0. The summed E-state index contributed by atoms with van der Waals surface area (Å²) in [5.74, 6) is 2.50. The number of rotatable bonds is 0. The summed E-state index contributed by atoms with van der Waals surface area (Å²) >= 11 is 0. The zero-order valence-corrected chi connectivity index (χ0v) is 42.4. The van der Waals surface area contributed by atoms with E-state index in [4.69, 9.17) is 19.2 Å². The molecule has 0 aromatic carbocycles. The van der Waals surface area contributed by atoms with Crippen LogP contribution in [0.5, 0.6) is 0 Å². The highest BCUT2D eigenvalue weighted by molar-refractivity contribution is 5.38. The minimum Gasteiger partial charge on any atom is -0.307 e. The van der Waals surface area contributed by atoms with Gasteiger partial charge < -0.3 is 9.59 Å². The molecule has 4 heteroatoms. The highest BCUT2D eigenvalue weighted by atomic mass is 16.1. The number of carbonyl (C=O) groups is 2. The van der Waals surface area contributed by atoms with Crippen molar-refractivity contribution in [2.45, 2.75) is 0 Å². The van der Waals surface area contributed by atoms with Gasteiger partial charge in [0.2, 0.25) is 0 Å². The second-order valence-electron chi connectivity index (χ2n) is 1.79. The summed E-state index contributed by atoms with van der Waals surface area (Å²) in [5.41, 5.74) is 13.5. The first-order valence-electron chi connectivity index (χ1n) is 14.9. The molecule has 0 aromatic rings. The van der Waals surface area contributed by atoms with Crippen LogP contribution in [0.4, 0.5) is 0 Å². The lowest BCUT2D eigenvalue weighted by atomic mass is 11.0. The van der Waals surface area contributed by atoms with Gasteiger partial charge in [0, 0.05) is 0 Å². The van der Waals surface area contributed by atoms with E-state index in [0.717, 1.165) is 0 Å². The molecule has 0 heterocycles. The van der Waals surface area contributed by atoms with Crippen LogP contribution in [0.15, 0.2) is 363 Å². The predicted molar refractivity (Wildman–Crippen MR) is 328 cm³/mol. The van der Waals surface area contributed by atoms with Crippen LogP contribution >= 0.6 is 0 Å². The summed E-state index contributed by atoms with van der Waals surface area (Å²) in [5, 5.41) is 0. The molecule has 0 saturated heterocycles. The first-order valence-corrected chi connectivity index (χ1v) is 14.9. The lowest BCUT2D eigenvalue weighted by Crippen LogP contribution is -1.15. The normalized spacial score (nSPS) is 2.25. The van der Waals surface area contributed by atoms with Gasteiger partial charge in [0.25, 0.3) is 0 Å². The molecule has 0 rings (SSSR count). The molecule has 0 aliphatic heterocycles. The zero-order valence-electron chi connectivity index (χ0n) is 42.4.